The van der Waals surface area contributed by atoms with E-state index < -0.39 is 5.97 Å². The van der Waals surface area contributed by atoms with Crippen LogP contribution in [-0.4, -0.2) is 16.2 Å². The smallest absolute Gasteiger partial charge is 0.306 e. The summed E-state index contributed by atoms with van der Waals surface area (Å²) in [5.41, 5.74) is 2.95. The molecule has 1 atom stereocenters. The molecule has 0 bridgehead atoms. The summed E-state index contributed by atoms with van der Waals surface area (Å²) in [6.45, 7) is 5.68. The van der Waals surface area contributed by atoms with Crippen molar-refractivity contribution in [1.29, 1.82) is 0 Å². The lowest BCUT2D eigenvalue weighted by atomic mass is 9.91. The normalized spacial score (nSPS) is 12.4. The van der Waals surface area contributed by atoms with Crippen molar-refractivity contribution < 1.29 is 15.0 Å². The number of carbonyl (C=O) groups is 1. The Morgan fingerprint density at radius 2 is 1.81 bits per heavy atom. The van der Waals surface area contributed by atoms with Crippen LogP contribution in [-0.2, 0) is 11.2 Å². The van der Waals surface area contributed by atoms with Gasteiger partial charge in [-0.1, -0.05) is 6.92 Å². The first-order valence-corrected chi connectivity index (χ1v) is 5.47. The Kier molecular flexibility index (Phi) is 3.93. The standard InChI is InChI=1S/C13H18O3/c1-4-10(13(15)16)7-12-8(2)5-11(14)6-9(12)3/h5-6,10,14H,4,7H2,1-3H3,(H,15,16). The van der Waals surface area contributed by atoms with Crippen LogP contribution in [0.3, 0.4) is 0 Å². The van der Waals surface area contributed by atoms with E-state index in [1.54, 1.807) is 12.1 Å². The van der Waals surface area contributed by atoms with Gasteiger partial charge in [-0.2, -0.15) is 0 Å². The molecule has 1 rings (SSSR count). The van der Waals surface area contributed by atoms with Gasteiger partial charge in [-0.3, -0.25) is 4.79 Å². The van der Waals surface area contributed by atoms with Gasteiger partial charge in [-0.15, -0.1) is 0 Å². The van der Waals surface area contributed by atoms with Gasteiger partial charge < -0.3 is 10.2 Å². The molecule has 0 heterocycles. The van der Waals surface area contributed by atoms with Gasteiger partial charge in [0.15, 0.2) is 0 Å². The fraction of sp³-hybridized carbons (Fsp3) is 0.462. The first-order valence-electron chi connectivity index (χ1n) is 5.47. The minimum atomic E-state index is -0.755. The van der Waals surface area contributed by atoms with Crippen molar-refractivity contribution in [3.63, 3.8) is 0 Å². The fourth-order valence-electron chi connectivity index (χ4n) is 1.95. The minimum absolute atomic E-state index is 0.238. The molecule has 0 spiro atoms. The van der Waals surface area contributed by atoms with Gasteiger partial charge in [0.2, 0.25) is 0 Å². The van der Waals surface area contributed by atoms with E-state index in [0.29, 0.717) is 12.8 Å². The number of phenolic OH excluding ortho intramolecular Hbond substituents is 1. The highest BCUT2D eigenvalue weighted by molar-refractivity contribution is 5.70. The summed E-state index contributed by atoms with van der Waals surface area (Å²) in [5, 5.41) is 18.4. The van der Waals surface area contributed by atoms with Gasteiger partial charge in [-0.05, 0) is 55.5 Å². The number of aromatic hydroxyl groups is 1. The van der Waals surface area contributed by atoms with Crippen LogP contribution in [0.2, 0.25) is 0 Å². The number of phenols is 1. The molecule has 0 aromatic heterocycles. The third-order valence-electron chi connectivity index (χ3n) is 2.97. The minimum Gasteiger partial charge on any atom is -0.508 e. The molecule has 3 heteroatoms. The fourth-order valence-corrected chi connectivity index (χ4v) is 1.95. The van der Waals surface area contributed by atoms with E-state index in [1.807, 2.05) is 20.8 Å². The van der Waals surface area contributed by atoms with Crippen LogP contribution < -0.4 is 0 Å². The Hall–Kier alpha value is -1.51. The molecular weight excluding hydrogens is 204 g/mol. The zero-order valence-corrected chi connectivity index (χ0v) is 9.95. The summed E-state index contributed by atoms with van der Waals surface area (Å²) >= 11 is 0. The number of carboxylic acid groups (broad SMARTS) is 1. The predicted molar refractivity (Wildman–Crippen MR) is 62.7 cm³/mol. The molecule has 1 unspecified atom stereocenters. The highest BCUT2D eigenvalue weighted by atomic mass is 16.4. The third kappa shape index (κ3) is 2.75. The van der Waals surface area contributed by atoms with E-state index >= 15 is 0 Å². The van der Waals surface area contributed by atoms with Crippen molar-refractivity contribution >= 4 is 5.97 Å². The molecule has 16 heavy (non-hydrogen) atoms. The zero-order valence-electron chi connectivity index (χ0n) is 9.95. The maximum Gasteiger partial charge on any atom is 0.306 e. The van der Waals surface area contributed by atoms with Crippen LogP contribution in [0.25, 0.3) is 0 Å². The second-order valence-electron chi connectivity index (χ2n) is 4.21. The number of hydrogen-bond donors (Lipinski definition) is 2. The lowest BCUT2D eigenvalue weighted by Crippen LogP contribution is -2.16. The summed E-state index contributed by atoms with van der Waals surface area (Å²) < 4.78 is 0. The molecule has 1 aromatic rings. The third-order valence-corrected chi connectivity index (χ3v) is 2.97. The Morgan fingerprint density at radius 1 is 1.31 bits per heavy atom. The molecule has 0 aliphatic rings. The van der Waals surface area contributed by atoms with Crippen molar-refractivity contribution in [2.45, 2.75) is 33.6 Å². The average Bonchev–Trinajstić information content (AvgIpc) is 2.15. The van der Waals surface area contributed by atoms with Crippen molar-refractivity contribution in [2.24, 2.45) is 5.92 Å². The summed E-state index contributed by atoms with van der Waals surface area (Å²) in [4.78, 5) is 11.0. The predicted octanol–water partition coefficient (Wildman–Crippen LogP) is 2.66. The van der Waals surface area contributed by atoms with Crippen molar-refractivity contribution in [1.82, 2.24) is 0 Å². The van der Waals surface area contributed by atoms with Crippen molar-refractivity contribution in [3.8, 4) is 5.75 Å². The van der Waals surface area contributed by atoms with Crippen LogP contribution in [0.15, 0.2) is 12.1 Å². The number of aliphatic carboxylic acids is 1. The van der Waals surface area contributed by atoms with Crippen LogP contribution in [0, 0.1) is 19.8 Å². The lowest BCUT2D eigenvalue weighted by molar-refractivity contribution is -0.141. The molecule has 0 saturated carbocycles. The molecule has 0 fully saturated rings. The van der Waals surface area contributed by atoms with E-state index in [9.17, 15) is 9.90 Å². The highest BCUT2D eigenvalue weighted by Gasteiger charge is 2.18. The molecule has 0 aliphatic carbocycles. The van der Waals surface area contributed by atoms with E-state index in [0.717, 1.165) is 16.7 Å². The zero-order chi connectivity index (χ0) is 12.3. The first kappa shape index (κ1) is 12.6. The van der Waals surface area contributed by atoms with Crippen LogP contribution >= 0.6 is 0 Å². The van der Waals surface area contributed by atoms with Gasteiger partial charge in [0, 0.05) is 0 Å². The molecule has 2 N–H and O–H groups in total. The molecule has 0 radical (unpaired) electrons. The van der Waals surface area contributed by atoms with E-state index in [-0.39, 0.29) is 11.7 Å². The molecule has 3 nitrogen and oxygen atoms in total. The van der Waals surface area contributed by atoms with Gasteiger partial charge in [-0.25, -0.2) is 0 Å². The summed E-state index contributed by atoms with van der Waals surface area (Å²) in [6, 6.07) is 3.35. The van der Waals surface area contributed by atoms with Gasteiger partial charge >= 0.3 is 5.97 Å². The van der Waals surface area contributed by atoms with Crippen LogP contribution in [0.4, 0.5) is 0 Å². The number of hydrogen-bond acceptors (Lipinski definition) is 2. The van der Waals surface area contributed by atoms with Crippen molar-refractivity contribution in [3.05, 3.63) is 28.8 Å². The van der Waals surface area contributed by atoms with Crippen LogP contribution in [0.5, 0.6) is 5.75 Å². The molecule has 0 amide bonds. The summed E-state index contributed by atoms with van der Waals surface area (Å²) in [7, 11) is 0. The van der Waals surface area contributed by atoms with E-state index in [2.05, 4.69) is 0 Å². The largest absolute Gasteiger partial charge is 0.508 e. The topological polar surface area (TPSA) is 57.5 Å². The Balaban J connectivity index is 3.01. The summed E-state index contributed by atoms with van der Waals surface area (Å²) in [6.07, 6.45) is 1.15. The Labute approximate surface area is 95.7 Å². The molecule has 0 aliphatic heterocycles. The second kappa shape index (κ2) is 5.01. The second-order valence-corrected chi connectivity index (χ2v) is 4.21. The first-order chi connectivity index (χ1) is 7.45. The van der Waals surface area contributed by atoms with Gasteiger partial charge in [0.1, 0.15) is 5.75 Å². The molecule has 1 aromatic carbocycles. The molecular formula is C13H18O3. The van der Waals surface area contributed by atoms with Gasteiger partial charge in [0.25, 0.3) is 0 Å². The van der Waals surface area contributed by atoms with Gasteiger partial charge in [0.05, 0.1) is 5.92 Å². The number of rotatable bonds is 4. The quantitative estimate of drug-likeness (QED) is 0.823. The SMILES string of the molecule is CCC(Cc1c(C)cc(O)cc1C)C(=O)O. The van der Waals surface area contributed by atoms with Crippen LogP contribution in [0.1, 0.15) is 30.0 Å². The maximum absolute atomic E-state index is 11.0. The Morgan fingerprint density at radius 3 is 2.19 bits per heavy atom. The molecule has 0 saturated heterocycles. The lowest BCUT2D eigenvalue weighted by Gasteiger charge is -2.14. The average molecular weight is 222 g/mol. The Bertz CT molecular complexity index is 373. The van der Waals surface area contributed by atoms with Crippen molar-refractivity contribution in [2.75, 3.05) is 0 Å². The monoisotopic (exact) mass is 222 g/mol. The highest BCUT2D eigenvalue weighted by Crippen LogP contribution is 2.24. The number of aryl methyl sites for hydroxylation is 2. The van der Waals surface area contributed by atoms with E-state index in [4.69, 9.17) is 5.11 Å². The summed E-state index contributed by atoms with van der Waals surface area (Å²) in [5.74, 6) is -0.863. The van der Waals surface area contributed by atoms with E-state index in [1.165, 1.54) is 0 Å². The maximum atomic E-state index is 11.0. The number of carboxylic acids is 1. The number of benzene rings is 1. The molecule has 88 valence electrons.